The zero-order valence-electron chi connectivity index (χ0n) is 3.87. The van der Waals surface area contributed by atoms with Gasteiger partial charge in [-0.25, -0.2) is 0 Å². The minimum atomic E-state index is 0.515. The van der Waals surface area contributed by atoms with E-state index in [4.69, 9.17) is 0 Å². The lowest BCUT2D eigenvalue weighted by atomic mass is 10.6. The molecule has 0 spiro atoms. The van der Waals surface area contributed by atoms with Crippen molar-refractivity contribution in [3.05, 3.63) is 12.2 Å². The Balaban J connectivity index is 3.67. The standard InChI is InChI=1S/C4H4S4/c5-3(6)1-2-4(7)8/h1-2H,(H,5,6)(H,7,8). The van der Waals surface area contributed by atoms with E-state index in [1.54, 1.807) is 12.2 Å². The molecule has 4 heteroatoms. The van der Waals surface area contributed by atoms with E-state index < -0.39 is 0 Å². The summed E-state index contributed by atoms with van der Waals surface area (Å²) < 4.78 is 1.03. The molecule has 0 bridgehead atoms. The second kappa shape index (κ2) is 4.49. The van der Waals surface area contributed by atoms with Gasteiger partial charge in [0.15, 0.2) is 0 Å². The quantitative estimate of drug-likeness (QED) is 0.379. The summed E-state index contributed by atoms with van der Waals surface area (Å²) in [6.07, 6.45) is 3.24. The molecule has 44 valence electrons. The third kappa shape index (κ3) is 6.62. The van der Waals surface area contributed by atoms with Crippen LogP contribution >= 0.6 is 49.7 Å². The molecule has 0 fully saturated rings. The summed E-state index contributed by atoms with van der Waals surface area (Å²) in [6, 6.07) is 0. The molecule has 0 aliphatic heterocycles. The molecule has 0 N–H and O–H groups in total. The molecule has 0 radical (unpaired) electrons. The van der Waals surface area contributed by atoms with Crippen LogP contribution in [-0.4, -0.2) is 8.39 Å². The first-order valence-corrected chi connectivity index (χ1v) is 3.48. The van der Waals surface area contributed by atoms with Crippen molar-refractivity contribution in [2.45, 2.75) is 0 Å². The van der Waals surface area contributed by atoms with E-state index in [0.29, 0.717) is 8.39 Å². The average Bonchev–Trinajstić information content (AvgIpc) is 1.61. The summed E-state index contributed by atoms with van der Waals surface area (Å²) in [5.41, 5.74) is 0. The van der Waals surface area contributed by atoms with Crippen LogP contribution in [0.15, 0.2) is 12.2 Å². The summed E-state index contributed by atoms with van der Waals surface area (Å²) in [4.78, 5) is 0. The first-order chi connectivity index (χ1) is 3.63. The summed E-state index contributed by atoms with van der Waals surface area (Å²) in [5, 5.41) is 0. The van der Waals surface area contributed by atoms with Crippen molar-refractivity contribution in [3.63, 3.8) is 0 Å². The number of thiol groups is 2. The highest BCUT2D eigenvalue weighted by molar-refractivity contribution is 8.12. The molecule has 0 rings (SSSR count). The Morgan fingerprint density at radius 3 is 1.38 bits per heavy atom. The smallest absolute Gasteiger partial charge is 0.0675 e. The van der Waals surface area contributed by atoms with Crippen LogP contribution in [0.5, 0.6) is 0 Å². The van der Waals surface area contributed by atoms with Crippen LogP contribution in [0.1, 0.15) is 0 Å². The second-order valence-corrected chi connectivity index (χ2v) is 3.46. The molecule has 0 heterocycles. The van der Waals surface area contributed by atoms with Crippen molar-refractivity contribution in [1.29, 1.82) is 0 Å². The van der Waals surface area contributed by atoms with Crippen LogP contribution < -0.4 is 0 Å². The van der Waals surface area contributed by atoms with Gasteiger partial charge in [-0.05, 0) is 12.2 Å². The van der Waals surface area contributed by atoms with Crippen LogP contribution in [-0.2, 0) is 0 Å². The summed E-state index contributed by atoms with van der Waals surface area (Å²) in [5.74, 6) is 0. The van der Waals surface area contributed by atoms with Gasteiger partial charge >= 0.3 is 0 Å². The SMILES string of the molecule is S=C(S)C=CC(=S)S. The van der Waals surface area contributed by atoms with Gasteiger partial charge in [0.1, 0.15) is 0 Å². The topological polar surface area (TPSA) is 0 Å². The van der Waals surface area contributed by atoms with Gasteiger partial charge in [0.2, 0.25) is 0 Å². The first-order valence-electron chi connectivity index (χ1n) is 1.77. The van der Waals surface area contributed by atoms with E-state index in [-0.39, 0.29) is 0 Å². The molecular weight excluding hydrogens is 176 g/mol. The van der Waals surface area contributed by atoms with E-state index in [1.807, 2.05) is 0 Å². The maximum atomic E-state index is 4.60. The molecule has 0 aromatic heterocycles. The molecule has 0 saturated carbocycles. The Morgan fingerprint density at radius 1 is 1.00 bits per heavy atom. The molecule has 0 unspecified atom stereocenters. The Labute approximate surface area is 70.2 Å². The first kappa shape index (κ1) is 8.62. The third-order valence-electron chi connectivity index (χ3n) is 0.368. The fourth-order valence-corrected chi connectivity index (χ4v) is 0.428. The van der Waals surface area contributed by atoms with Gasteiger partial charge in [0.05, 0.1) is 8.39 Å². The Hall–Kier alpha value is 0.620. The third-order valence-corrected chi connectivity index (χ3v) is 0.939. The van der Waals surface area contributed by atoms with E-state index in [2.05, 4.69) is 49.7 Å². The molecule has 0 aromatic carbocycles. The summed E-state index contributed by atoms with van der Waals surface area (Å²) in [7, 11) is 0. The predicted molar refractivity (Wildman–Crippen MR) is 52.3 cm³/mol. The van der Waals surface area contributed by atoms with Gasteiger partial charge in [-0.15, -0.1) is 25.3 Å². The largest absolute Gasteiger partial charge is 0.132 e. The fourth-order valence-electron chi connectivity index (χ4n) is 0.143. The lowest BCUT2D eigenvalue weighted by molar-refractivity contribution is 2.38. The normalized spacial score (nSPS) is 9.75. The van der Waals surface area contributed by atoms with E-state index >= 15 is 0 Å². The molecule has 0 atom stereocenters. The van der Waals surface area contributed by atoms with E-state index in [9.17, 15) is 0 Å². The van der Waals surface area contributed by atoms with Crippen molar-refractivity contribution < 1.29 is 0 Å². The van der Waals surface area contributed by atoms with Gasteiger partial charge in [-0.2, -0.15) is 0 Å². The van der Waals surface area contributed by atoms with Crippen LogP contribution in [0.3, 0.4) is 0 Å². The molecule has 0 saturated heterocycles. The minimum absolute atomic E-state index is 0.515. The Kier molecular flexibility index (Phi) is 4.84. The molecule has 0 aliphatic rings. The highest BCUT2D eigenvalue weighted by atomic mass is 32.1. The number of hydrogen-bond donors (Lipinski definition) is 2. The number of rotatable bonds is 2. The van der Waals surface area contributed by atoms with Crippen LogP contribution in [0.25, 0.3) is 0 Å². The Bertz CT molecular complexity index is 119. The molecule has 0 amide bonds. The molecule has 0 aliphatic carbocycles. The van der Waals surface area contributed by atoms with Gasteiger partial charge in [0.25, 0.3) is 0 Å². The summed E-state index contributed by atoms with van der Waals surface area (Å²) in [6.45, 7) is 0. The average molecular weight is 180 g/mol. The fraction of sp³-hybridized carbons (Fsp3) is 0. The summed E-state index contributed by atoms with van der Waals surface area (Å²) >= 11 is 16.8. The lowest BCUT2D eigenvalue weighted by Gasteiger charge is -1.79. The van der Waals surface area contributed by atoms with Crippen molar-refractivity contribution in [3.8, 4) is 0 Å². The van der Waals surface area contributed by atoms with Crippen molar-refractivity contribution in [1.82, 2.24) is 0 Å². The Morgan fingerprint density at radius 2 is 1.25 bits per heavy atom. The van der Waals surface area contributed by atoms with Gasteiger partial charge < -0.3 is 0 Å². The van der Waals surface area contributed by atoms with Crippen molar-refractivity contribution in [2.75, 3.05) is 0 Å². The second-order valence-electron chi connectivity index (χ2n) is 1.01. The molecule has 0 nitrogen and oxygen atoms in total. The maximum absolute atomic E-state index is 4.60. The van der Waals surface area contributed by atoms with Crippen LogP contribution in [0.4, 0.5) is 0 Å². The number of thiocarbonyl (C=S) groups is 2. The lowest BCUT2D eigenvalue weighted by Crippen LogP contribution is -1.74. The molecular formula is C4H4S4. The van der Waals surface area contributed by atoms with Crippen LogP contribution in [0.2, 0.25) is 0 Å². The van der Waals surface area contributed by atoms with Crippen molar-refractivity contribution in [2.24, 2.45) is 0 Å². The van der Waals surface area contributed by atoms with Gasteiger partial charge in [-0.1, -0.05) is 24.4 Å². The predicted octanol–water partition coefficient (Wildman–Crippen LogP) is 2.06. The zero-order valence-corrected chi connectivity index (χ0v) is 7.29. The molecule has 8 heavy (non-hydrogen) atoms. The highest BCUT2D eigenvalue weighted by Crippen LogP contribution is 1.90. The number of hydrogen-bond acceptors (Lipinski definition) is 2. The van der Waals surface area contributed by atoms with Crippen LogP contribution in [0, 0.1) is 0 Å². The van der Waals surface area contributed by atoms with E-state index in [1.165, 1.54) is 0 Å². The maximum Gasteiger partial charge on any atom is 0.0675 e. The van der Waals surface area contributed by atoms with Gasteiger partial charge in [0, 0.05) is 0 Å². The molecule has 0 aromatic rings. The van der Waals surface area contributed by atoms with E-state index in [0.717, 1.165) is 0 Å². The van der Waals surface area contributed by atoms with Crippen molar-refractivity contribution >= 4 is 58.1 Å². The zero-order chi connectivity index (χ0) is 6.57. The monoisotopic (exact) mass is 180 g/mol. The van der Waals surface area contributed by atoms with Gasteiger partial charge in [-0.3, -0.25) is 0 Å². The highest BCUT2D eigenvalue weighted by Gasteiger charge is 1.78. The minimum Gasteiger partial charge on any atom is -0.132 e.